The molecule has 2 rings (SSSR count). The van der Waals surface area contributed by atoms with Gasteiger partial charge in [-0.2, -0.15) is 0 Å². The molecule has 0 bridgehead atoms. The van der Waals surface area contributed by atoms with Crippen LogP contribution in [0.5, 0.6) is 0 Å². The molecule has 106 valence electrons. The van der Waals surface area contributed by atoms with Gasteiger partial charge in [0.05, 0.1) is 0 Å². The number of rotatable bonds is 5. The predicted molar refractivity (Wildman–Crippen MR) is 82.1 cm³/mol. The molecule has 0 radical (unpaired) electrons. The lowest BCUT2D eigenvalue weighted by Gasteiger charge is -2.24. The van der Waals surface area contributed by atoms with Crippen molar-refractivity contribution in [1.82, 2.24) is 5.43 Å². The molecule has 0 spiro atoms. The van der Waals surface area contributed by atoms with Crippen molar-refractivity contribution < 1.29 is 0 Å². The van der Waals surface area contributed by atoms with Gasteiger partial charge in [-0.05, 0) is 42.9 Å². The average molecular weight is 281 g/mol. The Labute approximate surface area is 121 Å². The number of nitrogens with two attached hydrogens (primary N) is 1. The van der Waals surface area contributed by atoms with Crippen LogP contribution in [-0.4, -0.2) is 0 Å². The Morgan fingerprint density at radius 1 is 1.32 bits per heavy atom. The van der Waals surface area contributed by atoms with E-state index in [1.807, 2.05) is 13.0 Å². The summed E-state index contributed by atoms with van der Waals surface area (Å²) >= 11 is 6.08. The van der Waals surface area contributed by atoms with Gasteiger partial charge in [-0.25, -0.2) is 0 Å². The Balaban J connectivity index is 1.93. The van der Waals surface area contributed by atoms with Crippen molar-refractivity contribution in [3.63, 3.8) is 0 Å². The molecular formula is C16H25ClN2. The molecule has 1 fully saturated rings. The van der Waals surface area contributed by atoms with Crippen LogP contribution in [0.1, 0.15) is 62.1 Å². The van der Waals surface area contributed by atoms with Crippen LogP contribution >= 0.6 is 11.6 Å². The van der Waals surface area contributed by atoms with E-state index >= 15 is 0 Å². The second kappa shape index (κ2) is 7.28. The van der Waals surface area contributed by atoms with Crippen molar-refractivity contribution in [2.24, 2.45) is 11.8 Å². The maximum atomic E-state index is 6.08. The predicted octanol–water partition coefficient (Wildman–Crippen LogP) is 4.51. The van der Waals surface area contributed by atoms with Gasteiger partial charge in [-0.3, -0.25) is 11.3 Å². The smallest absolute Gasteiger partial charge is 0.0460 e. The summed E-state index contributed by atoms with van der Waals surface area (Å²) in [5.74, 6) is 6.63. The first-order chi connectivity index (χ1) is 9.20. The van der Waals surface area contributed by atoms with E-state index in [2.05, 4.69) is 17.6 Å². The zero-order valence-corrected chi connectivity index (χ0v) is 12.5. The lowest BCUT2D eigenvalue weighted by molar-refractivity contribution is 0.315. The van der Waals surface area contributed by atoms with Gasteiger partial charge in [0.15, 0.2) is 0 Å². The normalized spacial score (nSPS) is 18.5. The van der Waals surface area contributed by atoms with Gasteiger partial charge in [0.1, 0.15) is 0 Å². The summed E-state index contributed by atoms with van der Waals surface area (Å²) in [7, 11) is 0. The molecule has 1 unspecified atom stereocenters. The molecule has 1 aromatic rings. The minimum Gasteiger partial charge on any atom is -0.271 e. The second-order valence-electron chi connectivity index (χ2n) is 5.81. The summed E-state index contributed by atoms with van der Waals surface area (Å²) in [5, 5.41) is 0.826. The van der Waals surface area contributed by atoms with E-state index in [9.17, 15) is 0 Å². The first-order valence-corrected chi connectivity index (χ1v) is 7.80. The topological polar surface area (TPSA) is 38.0 Å². The molecule has 1 aliphatic rings. The number of hydrazine groups is 1. The molecular weight excluding hydrogens is 256 g/mol. The Hall–Kier alpha value is -0.570. The van der Waals surface area contributed by atoms with Crippen molar-refractivity contribution in [3.05, 3.63) is 34.3 Å². The fraction of sp³-hybridized carbons (Fsp3) is 0.625. The summed E-state index contributed by atoms with van der Waals surface area (Å²) in [5.41, 5.74) is 5.33. The quantitative estimate of drug-likeness (QED) is 0.615. The first-order valence-electron chi connectivity index (χ1n) is 7.43. The Bertz CT molecular complexity index is 400. The van der Waals surface area contributed by atoms with Crippen molar-refractivity contribution in [1.29, 1.82) is 0 Å². The van der Waals surface area contributed by atoms with Crippen molar-refractivity contribution >= 4 is 11.6 Å². The van der Waals surface area contributed by atoms with E-state index in [-0.39, 0.29) is 6.04 Å². The molecule has 0 heterocycles. The fourth-order valence-corrected chi connectivity index (χ4v) is 3.23. The van der Waals surface area contributed by atoms with Gasteiger partial charge in [0.25, 0.3) is 0 Å². The Kier molecular flexibility index (Phi) is 5.68. The molecule has 1 atom stereocenters. The molecule has 19 heavy (non-hydrogen) atoms. The fourth-order valence-electron chi connectivity index (χ4n) is 3.11. The standard InChI is InChI=1S/C16H25ClN2/c1-12-11-14(8-9-15(12)17)16(19-18)10-7-13-5-3-2-4-6-13/h8-9,11,13,16,19H,2-7,10,18H2,1H3. The largest absolute Gasteiger partial charge is 0.271 e. The minimum atomic E-state index is 0.248. The van der Waals surface area contributed by atoms with E-state index in [1.165, 1.54) is 44.1 Å². The van der Waals surface area contributed by atoms with Gasteiger partial charge >= 0.3 is 0 Å². The van der Waals surface area contributed by atoms with E-state index in [0.29, 0.717) is 0 Å². The number of aryl methyl sites for hydroxylation is 1. The maximum Gasteiger partial charge on any atom is 0.0460 e. The molecule has 1 aromatic carbocycles. The van der Waals surface area contributed by atoms with Gasteiger partial charge < -0.3 is 0 Å². The average Bonchev–Trinajstić information content (AvgIpc) is 2.44. The molecule has 2 nitrogen and oxygen atoms in total. The highest BCUT2D eigenvalue weighted by Crippen LogP contribution is 2.30. The molecule has 3 N–H and O–H groups in total. The summed E-state index contributed by atoms with van der Waals surface area (Å²) in [6, 6.07) is 6.45. The van der Waals surface area contributed by atoms with Gasteiger partial charge in [0, 0.05) is 11.1 Å². The number of benzene rings is 1. The lowest BCUT2D eigenvalue weighted by Crippen LogP contribution is -2.28. The van der Waals surface area contributed by atoms with E-state index in [1.54, 1.807) is 0 Å². The zero-order valence-electron chi connectivity index (χ0n) is 11.8. The molecule has 1 aliphatic carbocycles. The van der Waals surface area contributed by atoms with E-state index in [0.717, 1.165) is 22.9 Å². The number of hydrogen-bond acceptors (Lipinski definition) is 2. The van der Waals surface area contributed by atoms with Gasteiger partial charge in [-0.15, -0.1) is 0 Å². The zero-order chi connectivity index (χ0) is 13.7. The number of halogens is 1. The third kappa shape index (κ3) is 4.20. The summed E-state index contributed by atoms with van der Waals surface area (Å²) in [6.07, 6.45) is 9.43. The molecule has 0 aromatic heterocycles. The third-order valence-electron chi connectivity index (χ3n) is 4.37. The van der Waals surface area contributed by atoms with Crippen LogP contribution in [0, 0.1) is 12.8 Å². The highest BCUT2D eigenvalue weighted by Gasteiger charge is 2.17. The molecule has 1 saturated carbocycles. The second-order valence-corrected chi connectivity index (χ2v) is 6.22. The molecule has 3 heteroatoms. The van der Waals surface area contributed by atoms with E-state index in [4.69, 9.17) is 17.4 Å². The number of nitrogens with one attached hydrogen (secondary N) is 1. The van der Waals surface area contributed by atoms with Crippen LogP contribution in [-0.2, 0) is 0 Å². The number of hydrogen-bond donors (Lipinski definition) is 2. The van der Waals surface area contributed by atoms with Gasteiger partial charge in [-0.1, -0.05) is 55.8 Å². The molecule has 0 aliphatic heterocycles. The Morgan fingerprint density at radius 2 is 2.05 bits per heavy atom. The van der Waals surface area contributed by atoms with Crippen molar-refractivity contribution in [2.45, 2.75) is 57.9 Å². The SMILES string of the molecule is Cc1cc(C(CCC2CCCCC2)NN)ccc1Cl. The van der Waals surface area contributed by atoms with Crippen LogP contribution in [0.2, 0.25) is 5.02 Å². The maximum absolute atomic E-state index is 6.08. The van der Waals surface area contributed by atoms with Crippen molar-refractivity contribution in [3.8, 4) is 0 Å². The minimum absolute atomic E-state index is 0.248. The third-order valence-corrected chi connectivity index (χ3v) is 4.80. The summed E-state index contributed by atoms with van der Waals surface area (Å²) in [4.78, 5) is 0. The van der Waals surface area contributed by atoms with E-state index < -0.39 is 0 Å². The summed E-state index contributed by atoms with van der Waals surface area (Å²) in [6.45, 7) is 2.04. The first kappa shape index (κ1) is 14.8. The lowest BCUT2D eigenvalue weighted by atomic mass is 9.84. The van der Waals surface area contributed by atoms with Crippen LogP contribution in [0.25, 0.3) is 0 Å². The van der Waals surface area contributed by atoms with Crippen LogP contribution in [0.4, 0.5) is 0 Å². The monoisotopic (exact) mass is 280 g/mol. The van der Waals surface area contributed by atoms with Crippen LogP contribution in [0.3, 0.4) is 0 Å². The molecule has 0 saturated heterocycles. The van der Waals surface area contributed by atoms with Crippen molar-refractivity contribution in [2.75, 3.05) is 0 Å². The van der Waals surface area contributed by atoms with Crippen LogP contribution in [0.15, 0.2) is 18.2 Å². The summed E-state index contributed by atoms with van der Waals surface area (Å²) < 4.78 is 0. The highest BCUT2D eigenvalue weighted by molar-refractivity contribution is 6.31. The Morgan fingerprint density at radius 3 is 2.68 bits per heavy atom. The van der Waals surface area contributed by atoms with Crippen LogP contribution < -0.4 is 11.3 Å². The highest BCUT2D eigenvalue weighted by atomic mass is 35.5. The van der Waals surface area contributed by atoms with Gasteiger partial charge in [0.2, 0.25) is 0 Å². The molecule has 0 amide bonds.